The monoisotopic (exact) mass is 279 g/mol. The van der Waals surface area contributed by atoms with E-state index in [4.69, 9.17) is 5.73 Å². The van der Waals surface area contributed by atoms with Crippen molar-refractivity contribution < 1.29 is 4.39 Å². The minimum atomic E-state index is -0.147. The Hall–Kier alpha value is -1.13. The average Bonchev–Trinajstić information content (AvgIpc) is 2.38. The average molecular weight is 279 g/mol. The van der Waals surface area contributed by atoms with Gasteiger partial charge in [-0.25, -0.2) is 4.39 Å². The van der Waals surface area contributed by atoms with Gasteiger partial charge >= 0.3 is 0 Å². The van der Waals surface area contributed by atoms with Gasteiger partial charge in [-0.05, 0) is 24.3 Å². The number of para-hydroxylation sites is 1. The van der Waals surface area contributed by atoms with Crippen molar-refractivity contribution in [1.29, 1.82) is 0 Å². The molecular weight excluding hydrogens is 265 g/mol. The molecule has 1 nitrogen and oxygen atoms in total. The predicted molar refractivity (Wildman–Crippen MR) is 78.7 cm³/mol. The highest BCUT2D eigenvalue weighted by molar-refractivity contribution is 8.03. The summed E-state index contributed by atoms with van der Waals surface area (Å²) in [7, 11) is 0. The second-order valence-corrected chi connectivity index (χ2v) is 5.94. The minimum absolute atomic E-state index is 0.147. The van der Waals surface area contributed by atoms with Crippen LogP contribution in [0.25, 0.3) is 0 Å². The molecule has 0 heterocycles. The Balaban J connectivity index is 1.80. The van der Waals surface area contributed by atoms with Crippen LogP contribution < -0.4 is 5.73 Å². The quantitative estimate of drug-likeness (QED) is 0.502. The molecule has 0 radical (unpaired) electrons. The normalized spacial score (nSPS) is 10.5. The van der Waals surface area contributed by atoms with Gasteiger partial charge in [0.25, 0.3) is 0 Å². The Kier molecular flexibility index (Phi) is 4.96. The Labute approximate surface area is 115 Å². The molecule has 0 amide bonds. The Morgan fingerprint density at radius 2 is 1.39 bits per heavy atom. The maximum Gasteiger partial charge on any atom is 0.136 e. The number of hydrogen-bond donors (Lipinski definition) is 1. The first-order valence-electron chi connectivity index (χ1n) is 5.62. The molecule has 2 aromatic rings. The Bertz CT molecular complexity index is 469. The molecule has 0 bridgehead atoms. The summed E-state index contributed by atoms with van der Waals surface area (Å²) in [6.45, 7) is 0. The number of anilines is 1. The van der Waals surface area contributed by atoms with Crippen molar-refractivity contribution in [2.45, 2.75) is 9.79 Å². The fourth-order valence-electron chi connectivity index (χ4n) is 1.48. The number of benzene rings is 2. The van der Waals surface area contributed by atoms with Crippen molar-refractivity contribution in [3.63, 3.8) is 0 Å². The third-order valence-electron chi connectivity index (χ3n) is 2.35. The van der Waals surface area contributed by atoms with E-state index >= 15 is 0 Å². The van der Waals surface area contributed by atoms with Gasteiger partial charge in [-0.3, -0.25) is 0 Å². The number of halogens is 1. The van der Waals surface area contributed by atoms with Crippen molar-refractivity contribution in [2.75, 3.05) is 17.2 Å². The van der Waals surface area contributed by atoms with Gasteiger partial charge in [-0.15, -0.1) is 23.5 Å². The van der Waals surface area contributed by atoms with Crippen LogP contribution in [-0.4, -0.2) is 11.5 Å². The van der Waals surface area contributed by atoms with Crippen molar-refractivity contribution in [1.82, 2.24) is 0 Å². The minimum Gasteiger partial charge on any atom is -0.398 e. The van der Waals surface area contributed by atoms with Crippen LogP contribution in [0, 0.1) is 5.82 Å². The molecule has 4 heteroatoms. The lowest BCUT2D eigenvalue weighted by Crippen LogP contribution is -1.90. The number of hydrogen-bond acceptors (Lipinski definition) is 3. The maximum atomic E-state index is 13.4. The van der Waals surface area contributed by atoms with Crippen LogP contribution in [0.5, 0.6) is 0 Å². The number of rotatable bonds is 5. The summed E-state index contributed by atoms with van der Waals surface area (Å²) in [5.41, 5.74) is 6.65. The number of nitrogen functional groups attached to an aromatic ring is 1. The van der Waals surface area contributed by atoms with Gasteiger partial charge in [0.05, 0.1) is 0 Å². The molecule has 2 rings (SSSR count). The zero-order chi connectivity index (χ0) is 12.8. The van der Waals surface area contributed by atoms with E-state index in [0.29, 0.717) is 4.90 Å². The van der Waals surface area contributed by atoms with Gasteiger partial charge in [0.1, 0.15) is 5.82 Å². The molecule has 0 aromatic heterocycles. The molecule has 2 N–H and O–H groups in total. The topological polar surface area (TPSA) is 26.0 Å². The molecule has 0 aliphatic rings. The second-order valence-electron chi connectivity index (χ2n) is 3.67. The van der Waals surface area contributed by atoms with E-state index in [-0.39, 0.29) is 5.82 Å². The van der Waals surface area contributed by atoms with Crippen LogP contribution in [0.1, 0.15) is 0 Å². The smallest absolute Gasteiger partial charge is 0.136 e. The van der Waals surface area contributed by atoms with Crippen LogP contribution in [0.3, 0.4) is 0 Å². The molecule has 0 unspecified atom stereocenters. The largest absolute Gasteiger partial charge is 0.398 e. The maximum absolute atomic E-state index is 13.4. The first kappa shape index (κ1) is 13.3. The fraction of sp³-hybridized carbons (Fsp3) is 0.143. The highest BCUT2D eigenvalue weighted by Gasteiger charge is 2.02. The van der Waals surface area contributed by atoms with Gasteiger partial charge < -0.3 is 5.73 Å². The standard InChI is InChI=1S/C14H14FNS2/c15-11-5-1-3-7-13(11)17-9-10-18-14-8-4-2-6-12(14)16/h1-8H,9-10,16H2. The summed E-state index contributed by atoms with van der Waals surface area (Å²) in [4.78, 5) is 1.80. The summed E-state index contributed by atoms with van der Waals surface area (Å²) in [6.07, 6.45) is 0. The van der Waals surface area contributed by atoms with E-state index in [1.54, 1.807) is 17.8 Å². The van der Waals surface area contributed by atoms with Crippen LogP contribution in [0.2, 0.25) is 0 Å². The van der Waals surface area contributed by atoms with Gasteiger partial charge in [0.15, 0.2) is 0 Å². The van der Waals surface area contributed by atoms with E-state index in [9.17, 15) is 4.39 Å². The Morgan fingerprint density at radius 3 is 2.06 bits per heavy atom. The lowest BCUT2D eigenvalue weighted by Gasteiger charge is -2.05. The van der Waals surface area contributed by atoms with E-state index < -0.39 is 0 Å². The van der Waals surface area contributed by atoms with Crippen LogP contribution >= 0.6 is 23.5 Å². The van der Waals surface area contributed by atoms with Gasteiger partial charge in [0, 0.05) is 27.0 Å². The molecule has 0 aliphatic heterocycles. The third-order valence-corrected chi connectivity index (χ3v) is 4.75. The molecule has 2 aromatic carbocycles. The van der Waals surface area contributed by atoms with Crippen molar-refractivity contribution in [2.24, 2.45) is 0 Å². The first-order chi connectivity index (χ1) is 8.77. The summed E-state index contributed by atoms with van der Waals surface area (Å²) in [5, 5.41) is 0. The number of nitrogens with two attached hydrogens (primary N) is 1. The van der Waals surface area contributed by atoms with Gasteiger partial charge in [-0.1, -0.05) is 24.3 Å². The predicted octanol–water partition coefficient (Wildman–Crippen LogP) is 4.29. The van der Waals surface area contributed by atoms with E-state index in [0.717, 1.165) is 22.1 Å². The van der Waals surface area contributed by atoms with Crippen LogP contribution in [0.4, 0.5) is 10.1 Å². The Morgan fingerprint density at radius 1 is 0.833 bits per heavy atom. The molecular formula is C14H14FNS2. The van der Waals surface area contributed by atoms with E-state index in [2.05, 4.69) is 0 Å². The molecule has 94 valence electrons. The summed E-state index contributed by atoms with van der Waals surface area (Å²) < 4.78 is 13.4. The first-order valence-corrected chi connectivity index (χ1v) is 7.59. The second kappa shape index (κ2) is 6.71. The lowest BCUT2D eigenvalue weighted by atomic mass is 10.3. The van der Waals surface area contributed by atoms with Crippen LogP contribution in [0.15, 0.2) is 58.3 Å². The zero-order valence-electron chi connectivity index (χ0n) is 9.80. The molecule has 0 atom stereocenters. The SMILES string of the molecule is Nc1ccccc1SCCSc1ccccc1F. The van der Waals surface area contributed by atoms with Crippen LogP contribution in [-0.2, 0) is 0 Å². The van der Waals surface area contributed by atoms with Gasteiger partial charge in [-0.2, -0.15) is 0 Å². The molecule has 0 aliphatic carbocycles. The summed E-state index contributed by atoms with van der Waals surface area (Å²) >= 11 is 3.24. The van der Waals surface area contributed by atoms with Gasteiger partial charge in [0.2, 0.25) is 0 Å². The highest BCUT2D eigenvalue weighted by atomic mass is 32.2. The zero-order valence-corrected chi connectivity index (χ0v) is 11.4. The molecule has 0 spiro atoms. The lowest BCUT2D eigenvalue weighted by molar-refractivity contribution is 0.602. The van der Waals surface area contributed by atoms with E-state index in [1.165, 1.54) is 17.8 Å². The van der Waals surface area contributed by atoms with Crippen molar-refractivity contribution >= 4 is 29.2 Å². The van der Waals surface area contributed by atoms with Crippen molar-refractivity contribution in [3.05, 3.63) is 54.3 Å². The van der Waals surface area contributed by atoms with Crippen molar-refractivity contribution in [3.8, 4) is 0 Å². The van der Waals surface area contributed by atoms with E-state index in [1.807, 2.05) is 36.4 Å². The fourth-order valence-corrected chi connectivity index (χ4v) is 3.37. The molecule has 18 heavy (non-hydrogen) atoms. The molecule has 0 saturated carbocycles. The molecule has 0 fully saturated rings. The third kappa shape index (κ3) is 3.68. The summed E-state index contributed by atoms with van der Waals surface area (Å²) in [5.74, 6) is 1.62. The summed E-state index contributed by atoms with van der Waals surface area (Å²) in [6, 6.07) is 14.7. The molecule has 0 saturated heterocycles. The highest BCUT2D eigenvalue weighted by Crippen LogP contribution is 2.27. The number of thioether (sulfide) groups is 2.